The number of ether oxygens (including phenoxy) is 2. The van der Waals surface area contributed by atoms with Gasteiger partial charge in [0.15, 0.2) is 9.84 Å². The van der Waals surface area contributed by atoms with Gasteiger partial charge in [-0.25, -0.2) is 8.42 Å². The van der Waals surface area contributed by atoms with Crippen molar-refractivity contribution in [2.45, 2.75) is 6.04 Å². The minimum atomic E-state index is -3.05. The number of nitrogens with zero attached hydrogens (tertiary/aromatic N) is 1. The lowest BCUT2D eigenvalue weighted by Gasteiger charge is -2.33. The van der Waals surface area contributed by atoms with E-state index in [0.29, 0.717) is 30.3 Å². The van der Waals surface area contributed by atoms with Crippen LogP contribution in [0.5, 0.6) is 11.5 Å². The molecule has 3 rings (SSSR count). The van der Waals surface area contributed by atoms with Crippen LogP contribution in [0.2, 0.25) is 0 Å². The van der Waals surface area contributed by atoms with E-state index in [1.807, 2.05) is 35.2 Å². The van der Waals surface area contributed by atoms with Crippen LogP contribution in [0.1, 0.15) is 11.6 Å². The monoisotopic (exact) mass is 404 g/mol. The van der Waals surface area contributed by atoms with Gasteiger partial charge in [0.05, 0.1) is 31.4 Å². The van der Waals surface area contributed by atoms with E-state index >= 15 is 0 Å². The van der Waals surface area contributed by atoms with Crippen LogP contribution in [0.15, 0.2) is 48.5 Å². The van der Waals surface area contributed by atoms with Gasteiger partial charge in [-0.3, -0.25) is 9.69 Å². The molecule has 28 heavy (non-hydrogen) atoms. The van der Waals surface area contributed by atoms with Crippen LogP contribution >= 0.6 is 0 Å². The maximum atomic E-state index is 13.2. The molecule has 1 amide bonds. The second-order valence-corrected chi connectivity index (χ2v) is 8.86. The second-order valence-electron chi connectivity index (χ2n) is 6.56. The molecule has 0 radical (unpaired) electrons. The predicted molar refractivity (Wildman–Crippen MR) is 108 cm³/mol. The van der Waals surface area contributed by atoms with Crippen molar-refractivity contribution in [1.29, 1.82) is 0 Å². The van der Waals surface area contributed by atoms with Gasteiger partial charge in [0.1, 0.15) is 17.5 Å². The normalized spacial score (nSPS) is 17.5. The Kier molecular flexibility index (Phi) is 6.21. The van der Waals surface area contributed by atoms with Gasteiger partial charge >= 0.3 is 0 Å². The molecular weight excluding hydrogens is 380 g/mol. The molecule has 1 atom stereocenters. The third-order valence-corrected chi connectivity index (χ3v) is 6.38. The van der Waals surface area contributed by atoms with E-state index in [2.05, 4.69) is 5.32 Å². The third-order valence-electron chi connectivity index (χ3n) is 4.77. The highest BCUT2D eigenvalue weighted by Gasteiger charge is 2.32. The first-order valence-electron chi connectivity index (χ1n) is 8.96. The van der Waals surface area contributed by atoms with Crippen LogP contribution < -0.4 is 14.8 Å². The highest BCUT2D eigenvalue weighted by molar-refractivity contribution is 7.91. The fraction of sp³-hybridized carbons (Fsp3) is 0.350. The zero-order valence-corrected chi connectivity index (χ0v) is 16.7. The molecule has 1 unspecified atom stereocenters. The molecule has 1 aliphatic rings. The van der Waals surface area contributed by atoms with Crippen molar-refractivity contribution in [2.75, 3.05) is 44.1 Å². The van der Waals surface area contributed by atoms with Crippen molar-refractivity contribution in [2.24, 2.45) is 0 Å². The molecular formula is C20H24N2O5S. The summed E-state index contributed by atoms with van der Waals surface area (Å²) in [5, 5.41) is 2.92. The number of anilines is 1. The average molecular weight is 404 g/mol. The Bertz CT molecular complexity index is 917. The fourth-order valence-corrected chi connectivity index (χ4v) is 4.49. The van der Waals surface area contributed by atoms with Crippen molar-refractivity contribution in [1.82, 2.24) is 4.90 Å². The summed E-state index contributed by atoms with van der Waals surface area (Å²) in [4.78, 5) is 15.1. The number of benzene rings is 2. The average Bonchev–Trinajstić information content (AvgIpc) is 2.70. The number of amides is 1. The topological polar surface area (TPSA) is 84.9 Å². The predicted octanol–water partition coefficient (Wildman–Crippen LogP) is 2.11. The molecule has 2 aromatic rings. The Morgan fingerprint density at radius 1 is 1.04 bits per heavy atom. The molecule has 8 heteroatoms. The standard InChI is InChI=1S/C20H24N2O5S/c1-26-16-8-9-18(27-2)17(14-16)21-20(23)19(15-6-4-3-5-7-15)22-10-12-28(24,25)13-11-22/h3-9,14,19H,10-13H2,1-2H3,(H,21,23). The van der Waals surface area contributed by atoms with Crippen molar-refractivity contribution in [3.8, 4) is 11.5 Å². The van der Waals surface area contributed by atoms with Gasteiger partial charge in [0.25, 0.3) is 0 Å². The smallest absolute Gasteiger partial charge is 0.246 e. The Morgan fingerprint density at radius 3 is 2.32 bits per heavy atom. The van der Waals surface area contributed by atoms with Gasteiger partial charge in [0.2, 0.25) is 5.91 Å². The minimum Gasteiger partial charge on any atom is -0.497 e. The van der Waals surface area contributed by atoms with Gasteiger partial charge in [-0.2, -0.15) is 0 Å². The Hall–Kier alpha value is -2.58. The number of hydrogen-bond donors (Lipinski definition) is 1. The van der Waals surface area contributed by atoms with E-state index in [-0.39, 0.29) is 17.4 Å². The van der Waals surface area contributed by atoms with Crippen LogP contribution in [0, 0.1) is 0 Å². The molecule has 1 heterocycles. The largest absolute Gasteiger partial charge is 0.497 e. The summed E-state index contributed by atoms with van der Waals surface area (Å²) in [6, 6.07) is 13.9. The summed E-state index contributed by atoms with van der Waals surface area (Å²) in [6.45, 7) is 0.620. The van der Waals surface area contributed by atoms with E-state index in [1.54, 1.807) is 25.3 Å². The van der Waals surface area contributed by atoms with E-state index in [4.69, 9.17) is 9.47 Å². The van der Waals surface area contributed by atoms with Crippen LogP contribution in [-0.4, -0.2) is 58.0 Å². The molecule has 0 aliphatic carbocycles. The summed E-state index contributed by atoms with van der Waals surface area (Å²) in [7, 11) is 0.0338. The zero-order valence-electron chi connectivity index (χ0n) is 15.9. The molecule has 0 aromatic heterocycles. The summed E-state index contributed by atoms with van der Waals surface area (Å²) in [6.07, 6.45) is 0. The van der Waals surface area contributed by atoms with Crippen LogP contribution in [0.4, 0.5) is 5.69 Å². The number of carbonyl (C=O) groups is 1. The first-order chi connectivity index (χ1) is 13.4. The highest BCUT2D eigenvalue weighted by Crippen LogP contribution is 2.31. The molecule has 1 fully saturated rings. The number of rotatable bonds is 6. The number of hydrogen-bond acceptors (Lipinski definition) is 6. The maximum absolute atomic E-state index is 13.2. The van der Waals surface area contributed by atoms with Gasteiger partial charge in [0, 0.05) is 19.2 Å². The van der Waals surface area contributed by atoms with Crippen molar-refractivity contribution >= 4 is 21.4 Å². The van der Waals surface area contributed by atoms with Crippen molar-refractivity contribution < 1.29 is 22.7 Å². The lowest BCUT2D eigenvalue weighted by molar-refractivity contribution is -0.121. The van der Waals surface area contributed by atoms with Crippen molar-refractivity contribution in [3.05, 3.63) is 54.1 Å². The second kappa shape index (κ2) is 8.62. The summed E-state index contributed by atoms with van der Waals surface area (Å²) in [5.41, 5.74) is 1.30. The van der Waals surface area contributed by atoms with E-state index < -0.39 is 15.9 Å². The summed E-state index contributed by atoms with van der Waals surface area (Å²) in [5.74, 6) is 0.953. The van der Waals surface area contributed by atoms with Crippen molar-refractivity contribution in [3.63, 3.8) is 0 Å². The number of methoxy groups -OCH3 is 2. The summed E-state index contributed by atoms with van der Waals surface area (Å²) < 4.78 is 34.2. The first-order valence-corrected chi connectivity index (χ1v) is 10.8. The van der Waals surface area contributed by atoms with Crippen LogP contribution in [-0.2, 0) is 14.6 Å². The number of carbonyl (C=O) groups excluding carboxylic acids is 1. The third kappa shape index (κ3) is 4.63. The number of sulfone groups is 1. The molecule has 7 nitrogen and oxygen atoms in total. The van der Waals surface area contributed by atoms with Crippen LogP contribution in [0.3, 0.4) is 0 Å². The Labute approximate surface area is 165 Å². The number of nitrogens with one attached hydrogen (secondary N) is 1. The van der Waals surface area contributed by atoms with Crippen LogP contribution in [0.25, 0.3) is 0 Å². The molecule has 0 saturated carbocycles. The summed E-state index contributed by atoms with van der Waals surface area (Å²) >= 11 is 0. The Morgan fingerprint density at radius 2 is 1.71 bits per heavy atom. The quantitative estimate of drug-likeness (QED) is 0.794. The van der Waals surface area contributed by atoms with Gasteiger partial charge in [-0.15, -0.1) is 0 Å². The van der Waals surface area contributed by atoms with E-state index in [1.165, 1.54) is 7.11 Å². The molecule has 0 spiro atoms. The fourth-order valence-electron chi connectivity index (χ4n) is 3.26. The SMILES string of the molecule is COc1ccc(OC)c(NC(=O)C(c2ccccc2)N2CCS(=O)(=O)CC2)c1. The maximum Gasteiger partial charge on any atom is 0.246 e. The Balaban J connectivity index is 1.89. The molecule has 1 saturated heterocycles. The molecule has 1 N–H and O–H groups in total. The lowest BCUT2D eigenvalue weighted by Crippen LogP contribution is -2.46. The highest BCUT2D eigenvalue weighted by atomic mass is 32.2. The van der Waals surface area contributed by atoms with Gasteiger partial charge in [-0.05, 0) is 17.7 Å². The lowest BCUT2D eigenvalue weighted by atomic mass is 10.0. The molecule has 0 bridgehead atoms. The molecule has 150 valence electrons. The van der Waals surface area contributed by atoms with Gasteiger partial charge in [-0.1, -0.05) is 30.3 Å². The van der Waals surface area contributed by atoms with Gasteiger partial charge < -0.3 is 14.8 Å². The zero-order chi connectivity index (χ0) is 20.1. The molecule has 2 aromatic carbocycles. The van der Waals surface area contributed by atoms with E-state index in [0.717, 1.165) is 5.56 Å². The minimum absolute atomic E-state index is 0.0477. The van der Waals surface area contributed by atoms with E-state index in [9.17, 15) is 13.2 Å². The molecule has 1 aliphatic heterocycles. The first kappa shape index (κ1) is 20.2.